The average Bonchev–Trinajstić information content (AvgIpc) is 3.17. The highest BCUT2D eigenvalue weighted by Gasteiger charge is 2.27. The lowest BCUT2D eigenvalue weighted by molar-refractivity contribution is -0.125. The summed E-state index contributed by atoms with van der Waals surface area (Å²) >= 11 is 0. The molecular weight excluding hydrogens is 310 g/mol. The summed E-state index contributed by atoms with van der Waals surface area (Å²) in [4.78, 5) is 17.6. The van der Waals surface area contributed by atoms with Gasteiger partial charge < -0.3 is 15.1 Å². The van der Waals surface area contributed by atoms with E-state index in [1.54, 1.807) is 0 Å². The van der Waals surface area contributed by atoms with Crippen LogP contribution in [0, 0.1) is 5.92 Å². The molecule has 0 aromatic heterocycles. The van der Waals surface area contributed by atoms with Gasteiger partial charge >= 0.3 is 0 Å². The number of piperidine rings is 1. The van der Waals surface area contributed by atoms with Crippen LogP contribution in [0.2, 0.25) is 0 Å². The van der Waals surface area contributed by atoms with Gasteiger partial charge in [0.15, 0.2) is 0 Å². The van der Waals surface area contributed by atoms with Gasteiger partial charge in [-0.15, -0.1) is 0 Å². The zero-order valence-electron chi connectivity index (χ0n) is 15.8. The lowest BCUT2D eigenvalue weighted by atomic mass is 10.0. The molecule has 1 saturated heterocycles. The highest BCUT2D eigenvalue weighted by Crippen LogP contribution is 2.26. The summed E-state index contributed by atoms with van der Waals surface area (Å²) in [5, 5.41) is 3.36. The molecule has 2 aliphatic rings. The number of carbonyl (C=O) groups is 1. The summed E-state index contributed by atoms with van der Waals surface area (Å²) in [7, 11) is 4.42. The second kappa shape index (κ2) is 8.81. The highest BCUT2D eigenvalue weighted by molar-refractivity contribution is 5.79. The first kappa shape index (κ1) is 18.4. The van der Waals surface area contributed by atoms with Gasteiger partial charge in [-0.1, -0.05) is 43.2 Å². The van der Waals surface area contributed by atoms with Crippen molar-refractivity contribution in [3.05, 3.63) is 35.9 Å². The van der Waals surface area contributed by atoms with E-state index in [4.69, 9.17) is 0 Å². The van der Waals surface area contributed by atoms with Crippen molar-refractivity contribution in [3.8, 4) is 0 Å². The maximum atomic E-state index is 12.7. The van der Waals surface area contributed by atoms with Crippen molar-refractivity contribution in [2.45, 2.75) is 50.6 Å². The van der Waals surface area contributed by atoms with E-state index >= 15 is 0 Å². The third-order valence-corrected chi connectivity index (χ3v) is 6.03. The van der Waals surface area contributed by atoms with Gasteiger partial charge in [0.1, 0.15) is 0 Å². The summed E-state index contributed by atoms with van der Waals surface area (Å²) in [5.74, 6) is 0.475. The molecule has 0 unspecified atom stereocenters. The fourth-order valence-electron chi connectivity index (χ4n) is 4.27. The molecule has 1 aliphatic heterocycles. The number of likely N-dealkylation sites (N-methyl/N-ethyl adjacent to an activating group) is 1. The number of hydrogen-bond donors (Lipinski definition) is 1. The normalized spacial score (nSPS) is 21.6. The Hall–Kier alpha value is -1.39. The van der Waals surface area contributed by atoms with Gasteiger partial charge in [-0.3, -0.25) is 4.79 Å². The molecule has 1 amide bonds. The van der Waals surface area contributed by atoms with Crippen molar-refractivity contribution < 1.29 is 4.79 Å². The molecule has 1 N–H and O–H groups in total. The molecule has 1 aromatic carbocycles. The number of carbonyl (C=O) groups excluding carboxylic acids is 1. The van der Waals surface area contributed by atoms with Crippen molar-refractivity contribution in [2.75, 3.05) is 33.7 Å². The van der Waals surface area contributed by atoms with Crippen LogP contribution in [0.1, 0.15) is 50.1 Å². The van der Waals surface area contributed by atoms with Crippen LogP contribution in [-0.2, 0) is 4.79 Å². The van der Waals surface area contributed by atoms with Crippen LogP contribution in [0.5, 0.6) is 0 Å². The first-order chi connectivity index (χ1) is 12.1. The van der Waals surface area contributed by atoms with Crippen LogP contribution in [0.4, 0.5) is 0 Å². The van der Waals surface area contributed by atoms with Crippen LogP contribution in [0.25, 0.3) is 0 Å². The van der Waals surface area contributed by atoms with Crippen LogP contribution in [0.15, 0.2) is 30.3 Å². The SMILES string of the molecule is CN1CCC(N(C)C[C@H](NC(=O)C2CCCC2)c2ccccc2)CC1. The second-order valence-corrected chi connectivity index (χ2v) is 7.93. The minimum Gasteiger partial charge on any atom is -0.348 e. The summed E-state index contributed by atoms with van der Waals surface area (Å²) in [6.45, 7) is 3.22. The standard InChI is InChI=1S/C21H33N3O/c1-23-14-12-19(13-15-23)24(2)16-20(17-8-4-3-5-9-17)22-21(25)18-10-6-7-11-18/h3-5,8-9,18-20H,6-7,10-16H2,1-2H3,(H,22,25)/t20-/m0/s1. The Bertz CT molecular complexity index is 533. The van der Waals surface area contributed by atoms with Crippen molar-refractivity contribution in [2.24, 2.45) is 5.92 Å². The van der Waals surface area contributed by atoms with E-state index in [1.165, 1.54) is 44.3 Å². The molecule has 1 saturated carbocycles. The van der Waals surface area contributed by atoms with Gasteiger partial charge in [-0.05, 0) is 58.4 Å². The Morgan fingerprint density at radius 2 is 1.80 bits per heavy atom. The molecule has 4 heteroatoms. The molecule has 1 aliphatic carbocycles. The molecular formula is C21H33N3O. The summed E-state index contributed by atoms with van der Waals surface area (Å²) in [6.07, 6.45) is 6.93. The fourth-order valence-corrected chi connectivity index (χ4v) is 4.27. The van der Waals surface area contributed by atoms with Gasteiger partial charge in [-0.25, -0.2) is 0 Å². The van der Waals surface area contributed by atoms with E-state index in [1.807, 2.05) is 6.07 Å². The van der Waals surface area contributed by atoms with E-state index in [-0.39, 0.29) is 17.9 Å². The molecule has 25 heavy (non-hydrogen) atoms. The molecule has 1 aromatic rings. The van der Waals surface area contributed by atoms with Crippen LogP contribution >= 0.6 is 0 Å². The minimum absolute atomic E-state index is 0.0824. The smallest absolute Gasteiger partial charge is 0.223 e. The summed E-state index contributed by atoms with van der Waals surface area (Å²) < 4.78 is 0. The van der Waals surface area contributed by atoms with Crippen LogP contribution < -0.4 is 5.32 Å². The maximum Gasteiger partial charge on any atom is 0.223 e. The number of likely N-dealkylation sites (tertiary alicyclic amines) is 1. The Morgan fingerprint density at radius 3 is 2.44 bits per heavy atom. The first-order valence-electron chi connectivity index (χ1n) is 9.87. The maximum absolute atomic E-state index is 12.7. The molecule has 1 heterocycles. The molecule has 4 nitrogen and oxygen atoms in total. The van der Waals surface area contributed by atoms with E-state index in [9.17, 15) is 4.79 Å². The Labute approximate surface area is 152 Å². The summed E-state index contributed by atoms with van der Waals surface area (Å²) in [6, 6.07) is 11.2. The van der Waals surface area contributed by atoms with Gasteiger partial charge in [0.05, 0.1) is 6.04 Å². The number of nitrogens with one attached hydrogen (secondary N) is 1. The predicted octanol–water partition coefficient (Wildman–Crippen LogP) is 3.06. The van der Waals surface area contributed by atoms with Crippen molar-refractivity contribution in [1.82, 2.24) is 15.1 Å². The van der Waals surface area contributed by atoms with E-state index in [0.717, 1.165) is 19.4 Å². The molecule has 1 atom stereocenters. The molecule has 138 valence electrons. The first-order valence-corrected chi connectivity index (χ1v) is 9.87. The van der Waals surface area contributed by atoms with E-state index in [0.29, 0.717) is 6.04 Å². The van der Waals surface area contributed by atoms with Gasteiger partial charge in [0, 0.05) is 18.5 Å². The van der Waals surface area contributed by atoms with E-state index in [2.05, 4.69) is 53.5 Å². The molecule has 0 bridgehead atoms. The quantitative estimate of drug-likeness (QED) is 0.862. The molecule has 0 radical (unpaired) electrons. The fraction of sp³-hybridized carbons (Fsp3) is 0.667. The Balaban J connectivity index is 1.64. The third-order valence-electron chi connectivity index (χ3n) is 6.03. The lowest BCUT2D eigenvalue weighted by Gasteiger charge is -2.37. The van der Waals surface area contributed by atoms with Crippen molar-refractivity contribution in [1.29, 1.82) is 0 Å². The Kier molecular flexibility index (Phi) is 6.49. The minimum atomic E-state index is 0.0824. The largest absolute Gasteiger partial charge is 0.348 e. The second-order valence-electron chi connectivity index (χ2n) is 7.93. The van der Waals surface area contributed by atoms with Crippen LogP contribution in [0.3, 0.4) is 0 Å². The van der Waals surface area contributed by atoms with Gasteiger partial charge in [0.2, 0.25) is 5.91 Å². The zero-order valence-corrected chi connectivity index (χ0v) is 15.8. The van der Waals surface area contributed by atoms with Crippen molar-refractivity contribution >= 4 is 5.91 Å². The lowest BCUT2D eigenvalue weighted by Crippen LogP contribution is -2.46. The predicted molar refractivity (Wildman–Crippen MR) is 102 cm³/mol. The average molecular weight is 344 g/mol. The number of amides is 1. The van der Waals surface area contributed by atoms with Crippen molar-refractivity contribution in [3.63, 3.8) is 0 Å². The molecule has 0 spiro atoms. The Morgan fingerprint density at radius 1 is 1.16 bits per heavy atom. The monoisotopic (exact) mass is 343 g/mol. The molecule has 3 rings (SSSR count). The zero-order chi connectivity index (χ0) is 17.6. The van der Waals surface area contributed by atoms with Crippen LogP contribution in [-0.4, -0.2) is 55.5 Å². The highest BCUT2D eigenvalue weighted by atomic mass is 16.2. The van der Waals surface area contributed by atoms with Gasteiger partial charge in [0.25, 0.3) is 0 Å². The van der Waals surface area contributed by atoms with Gasteiger partial charge in [-0.2, -0.15) is 0 Å². The topological polar surface area (TPSA) is 35.6 Å². The van der Waals surface area contributed by atoms with E-state index < -0.39 is 0 Å². The third kappa shape index (κ3) is 5.05. The summed E-state index contributed by atoms with van der Waals surface area (Å²) in [5.41, 5.74) is 1.22. The number of rotatable bonds is 6. The molecule has 2 fully saturated rings. The number of nitrogens with zero attached hydrogens (tertiary/aromatic N) is 2. The number of benzene rings is 1. The number of hydrogen-bond acceptors (Lipinski definition) is 3.